The number of fused-ring (bicyclic) bond motifs is 3. The van der Waals surface area contributed by atoms with Crippen LogP contribution in [0, 0.1) is 75.3 Å². The van der Waals surface area contributed by atoms with Crippen LogP contribution in [0.15, 0.2) is 73.2 Å². The van der Waals surface area contributed by atoms with E-state index < -0.39 is 27.5 Å². The number of aliphatic hydroxyl groups is 2. The van der Waals surface area contributed by atoms with Crippen LogP contribution < -0.4 is 19.4 Å². The monoisotopic (exact) mass is 1610 g/mol. The zero-order valence-corrected chi connectivity index (χ0v) is 67.2. The molecule has 3 aromatic carbocycles. The Morgan fingerprint density at radius 3 is 1.24 bits per heavy atom. The molecule has 0 saturated carbocycles. The molecule has 0 amide bonds. The molecule has 582 valence electrons. The van der Waals surface area contributed by atoms with E-state index in [-0.39, 0.29) is 41.5 Å². The van der Waals surface area contributed by atoms with E-state index in [2.05, 4.69) is 82.6 Å². The Balaban J connectivity index is 0.000000145. The molecule has 26 nitrogen and oxygen atoms in total. The first-order valence-electron chi connectivity index (χ1n) is 37.8. The number of benzene rings is 3. The molecule has 6 fully saturated rings. The molecule has 3 N–H and O–H groups in total. The Labute approximate surface area is 665 Å². The van der Waals surface area contributed by atoms with Crippen LogP contribution in [-0.2, 0) is 10.0 Å². The highest BCUT2D eigenvalue weighted by molar-refractivity contribution is 7.89. The quantitative estimate of drug-likeness (QED) is 0.0568. The minimum atomic E-state index is -3.20. The number of aliphatic hydroxyl groups excluding tert-OH is 1. The highest BCUT2D eigenvalue weighted by atomic mass is 35.5. The van der Waals surface area contributed by atoms with E-state index in [1.807, 2.05) is 46.8 Å². The van der Waals surface area contributed by atoms with E-state index in [0.717, 1.165) is 146 Å². The van der Waals surface area contributed by atoms with Crippen molar-refractivity contribution in [2.45, 2.75) is 110 Å². The van der Waals surface area contributed by atoms with Gasteiger partial charge in [0.2, 0.25) is 10.0 Å². The Hall–Kier alpha value is -7.73. The van der Waals surface area contributed by atoms with E-state index in [1.165, 1.54) is 38.8 Å². The van der Waals surface area contributed by atoms with Crippen LogP contribution in [0.25, 0.3) is 33.5 Å². The average molecular weight is 1620 g/mol. The van der Waals surface area contributed by atoms with E-state index in [4.69, 9.17) is 73.0 Å². The van der Waals surface area contributed by atoms with Gasteiger partial charge in [0.25, 0.3) is 0 Å². The number of piperidine rings is 3. The van der Waals surface area contributed by atoms with Crippen molar-refractivity contribution in [1.29, 1.82) is 15.8 Å². The molecular formula is C77H92Cl5FN22O4S. The topological polar surface area (TPSA) is 308 Å². The van der Waals surface area contributed by atoms with E-state index >= 15 is 0 Å². The highest BCUT2D eigenvalue weighted by Crippen LogP contribution is 2.40. The molecule has 33 heteroatoms. The van der Waals surface area contributed by atoms with Crippen LogP contribution in [0.4, 0.5) is 21.8 Å². The van der Waals surface area contributed by atoms with Crippen LogP contribution in [-0.4, -0.2) is 216 Å². The van der Waals surface area contributed by atoms with Gasteiger partial charge in [-0.1, -0.05) is 76.2 Å². The number of nitrogens with one attached hydrogen (secondary N) is 1. The number of likely N-dealkylation sites (tertiary alicyclic amines) is 3. The molecule has 9 aromatic rings. The molecule has 6 aromatic heterocycles. The number of nitriles is 3. The second kappa shape index (κ2) is 34.7. The highest BCUT2D eigenvalue weighted by Gasteiger charge is 2.41. The van der Waals surface area contributed by atoms with Crippen molar-refractivity contribution in [2.75, 3.05) is 132 Å². The van der Waals surface area contributed by atoms with Crippen LogP contribution in [0.5, 0.6) is 0 Å². The van der Waals surface area contributed by atoms with Crippen molar-refractivity contribution in [3.8, 4) is 18.2 Å². The molecule has 12 heterocycles. The molecule has 6 aliphatic rings. The molecule has 0 aliphatic carbocycles. The first kappa shape index (κ1) is 80.3. The number of hydrogen-bond acceptors (Lipinski definition) is 22. The minimum Gasteiger partial charge on any atom is -0.395 e. The number of rotatable bonds is 22. The zero-order valence-electron chi connectivity index (χ0n) is 62.6. The summed E-state index contributed by atoms with van der Waals surface area (Å²) in [6, 6.07) is 20.6. The van der Waals surface area contributed by atoms with E-state index in [0.29, 0.717) is 106 Å². The molecule has 15 rings (SSSR count). The summed E-state index contributed by atoms with van der Waals surface area (Å²) in [4.78, 5) is 42.1. The van der Waals surface area contributed by atoms with Crippen molar-refractivity contribution < 1.29 is 23.0 Å². The number of hydrogen-bond donors (Lipinski definition) is 3. The van der Waals surface area contributed by atoms with Gasteiger partial charge in [0.1, 0.15) is 58.0 Å². The maximum Gasteiger partial charge on any atom is 0.212 e. The molecule has 6 unspecified atom stereocenters. The van der Waals surface area contributed by atoms with Gasteiger partial charge in [-0.15, -0.1) is 0 Å². The number of anilines is 3. The first-order chi connectivity index (χ1) is 52.8. The lowest BCUT2D eigenvalue weighted by Crippen LogP contribution is -2.54. The fraction of sp³-hybridized carbons (Fsp3) is 0.532. The summed E-state index contributed by atoms with van der Waals surface area (Å²) in [6.07, 6.45) is 14.1. The summed E-state index contributed by atoms with van der Waals surface area (Å²) < 4.78 is 45.6. The van der Waals surface area contributed by atoms with Crippen molar-refractivity contribution in [1.82, 2.24) is 78.7 Å². The third kappa shape index (κ3) is 18.2. The minimum absolute atomic E-state index is 0.126. The maximum absolute atomic E-state index is 14.6. The van der Waals surface area contributed by atoms with Gasteiger partial charge in [0.15, 0.2) is 34.0 Å². The van der Waals surface area contributed by atoms with Crippen molar-refractivity contribution in [3.05, 3.63) is 138 Å². The SMILES string of the molecule is CC(c1ccc(Cl)cc1Cl)n1nc(C#N)c2ncc(N3CC(C4CCCN(CCCC(C)(C)O)C4)C3)nc21.CC(c1ccc(Cl)cc1F)n1nc(C#N)c2ncc(N3CC(C4CCCN(CCO)C4)C3)nc21.CNS(=O)(=O)CCN1CCCC(C2CN(c3cnc4c(C#N)nn(C(C)c5ccc(Cl)cc5Cl)c4n3)C2)C1. The maximum atomic E-state index is 14.6. The first-order valence-corrected chi connectivity index (χ1v) is 41.3. The summed E-state index contributed by atoms with van der Waals surface area (Å²) in [5.41, 5.74) is 5.11. The lowest BCUT2D eigenvalue weighted by atomic mass is 9.80. The van der Waals surface area contributed by atoms with Gasteiger partial charge in [0.05, 0.1) is 54.7 Å². The number of sulfonamides is 1. The number of aromatic nitrogens is 12. The van der Waals surface area contributed by atoms with E-state index in [1.54, 1.807) is 69.0 Å². The van der Waals surface area contributed by atoms with Gasteiger partial charge in [-0.25, -0.2) is 61.5 Å². The Kier molecular flexibility index (Phi) is 25.3. The normalized spacial score (nSPS) is 20.0. The molecular weight excluding hydrogens is 1530 g/mol. The second-order valence-electron chi connectivity index (χ2n) is 30.7. The van der Waals surface area contributed by atoms with Crippen LogP contribution in [0.2, 0.25) is 25.1 Å². The summed E-state index contributed by atoms with van der Waals surface area (Å²) in [6.45, 7) is 23.8. The van der Waals surface area contributed by atoms with Crippen LogP contribution in [0.1, 0.15) is 138 Å². The Bertz CT molecular complexity index is 5040. The van der Waals surface area contributed by atoms with Gasteiger partial charge in [-0.3, -0.25) is 0 Å². The third-order valence-electron chi connectivity index (χ3n) is 22.8. The van der Waals surface area contributed by atoms with Crippen molar-refractivity contribution in [2.24, 2.45) is 35.5 Å². The molecule has 6 atom stereocenters. The second-order valence-corrected chi connectivity index (χ2v) is 34.9. The largest absolute Gasteiger partial charge is 0.395 e. The summed E-state index contributed by atoms with van der Waals surface area (Å²) in [5, 5.41) is 64.0. The summed E-state index contributed by atoms with van der Waals surface area (Å²) in [5.74, 6) is 5.56. The van der Waals surface area contributed by atoms with Gasteiger partial charge in [-0.05, 0) is 202 Å². The molecule has 0 spiro atoms. The van der Waals surface area contributed by atoms with Crippen LogP contribution in [0.3, 0.4) is 0 Å². The fourth-order valence-electron chi connectivity index (χ4n) is 16.4. The number of halogens is 6. The summed E-state index contributed by atoms with van der Waals surface area (Å²) in [7, 11) is -1.74. The van der Waals surface area contributed by atoms with Crippen molar-refractivity contribution >= 4 is 119 Å². The van der Waals surface area contributed by atoms with Gasteiger partial charge < -0.3 is 39.6 Å². The Morgan fingerprint density at radius 2 is 0.891 bits per heavy atom. The molecule has 0 radical (unpaired) electrons. The molecule has 6 saturated heterocycles. The molecule has 6 aliphatic heterocycles. The number of nitrogens with zero attached hydrogens (tertiary/aromatic N) is 21. The lowest BCUT2D eigenvalue weighted by Gasteiger charge is -2.47. The molecule has 0 bridgehead atoms. The third-order valence-corrected chi connectivity index (χ3v) is 25.5. The van der Waals surface area contributed by atoms with Gasteiger partial charge >= 0.3 is 0 Å². The standard InChI is InChI=1S/C28H35Cl2N7O.C25H30Cl2N8O2S.C24H27ClFN7O/c1-18(22-8-7-21(29)12-23(22)30)37-27-26(24(13-31)34-37)32-14-25(33-27)36-16-20(17-36)19-6-4-10-35(15-19)11-5-9-28(2,3)38;1-16(20-6-5-19(26)10-21(20)27)35-25-24(22(11-28)32-35)30-12-23(31-25)34-14-18(15-34)17-4-3-7-33(13-17)8-9-38(36,37)29-2;1-15(19-5-4-18(25)9-20(19)26)33-24-23(21(10-27)30-33)28-11-22(29-24)32-13-17(14-32)16-3-2-6-31(12-16)7-8-34/h7-8,12,14,18-20,38H,4-6,9-11,15-17H2,1-3H3;5-6,10,12,16-18,29H,3-4,7-9,13-15H2,1-2H3;4-5,9,11,15-17,34H,2-3,6-8,12-14H2,1H3. The van der Waals surface area contributed by atoms with Crippen molar-refractivity contribution in [3.63, 3.8) is 0 Å². The predicted octanol–water partition coefficient (Wildman–Crippen LogP) is 11.9. The lowest BCUT2D eigenvalue weighted by molar-refractivity contribution is 0.0594. The van der Waals surface area contributed by atoms with Gasteiger partial charge in [-0.2, -0.15) is 31.1 Å². The predicted molar refractivity (Wildman–Crippen MR) is 426 cm³/mol. The zero-order chi connectivity index (χ0) is 77.9. The Morgan fingerprint density at radius 1 is 0.536 bits per heavy atom. The fourth-order valence-corrected chi connectivity index (χ4v) is 18.4. The molecule has 110 heavy (non-hydrogen) atoms. The smallest absolute Gasteiger partial charge is 0.212 e. The summed E-state index contributed by atoms with van der Waals surface area (Å²) >= 11 is 31.0. The average Bonchev–Trinajstić information content (AvgIpc) is 1.60. The van der Waals surface area contributed by atoms with Gasteiger partial charge in [0, 0.05) is 103 Å². The number of β-amino-alcohol motifs (C(OH)–C–C–N with tert-alkyl or cyclic N) is 1. The van der Waals surface area contributed by atoms with E-state index in [9.17, 15) is 38.8 Å². The van der Waals surface area contributed by atoms with Crippen LogP contribution >= 0.6 is 58.0 Å².